The van der Waals surface area contributed by atoms with Crippen LogP contribution in [-0.4, -0.2) is 39.6 Å². The summed E-state index contributed by atoms with van der Waals surface area (Å²) in [5, 5.41) is 8.19. The molecule has 1 aliphatic carbocycles. The van der Waals surface area contributed by atoms with Gasteiger partial charge in [0.2, 0.25) is 15.9 Å². The molecule has 260 valence electrons. The minimum absolute atomic E-state index is 0.00125. The molecule has 9 heteroatoms. The summed E-state index contributed by atoms with van der Waals surface area (Å²) in [6.07, 6.45) is 9.34. The molecule has 0 unspecified atom stereocenters. The van der Waals surface area contributed by atoms with Crippen molar-refractivity contribution in [3.8, 4) is 5.75 Å². The summed E-state index contributed by atoms with van der Waals surface area (Å²) < 4.78 is 34.0. The van der Waals surface area contributed by atoms with Crippen molar-refractivity contribution in [1.82, 2.24) is 5.32 Å². The molecule has 0 atom stereocenters. The molecule has 0 radical (unpaired) electrons. The zero-order valence-electron chi connectivity index (χ0n) is 29.0. The Kier molecular flexibility index (Phi) is 12.3. The summed E-state index contributed by atoms with van der Waals surface area (Å²) in [6.45, 7) is 5.16. The first-order valence-corrected chi connectivity index (χ1v) is 19.3. The number of aryl methyl sites for hydroxylation is 2. The van der Waals surface area contributed by atoms with Gasteiger partial charge in [0.15, 0.2) is 0 Å². The molecular weight excluding hydrogens is 635 g/mol. The van der Waals surface area contributed by atoms with Gasteiger partial charge in [0.25, 0.3) is 5.91 Å². The lowest BCUT2D eigenvalue weighted by molar-refractivity contribution is -0.120. The van der Waals surface area contributed by atoms with E-state index in [4.69, 9.17) is 4.74 Å². The Labute approximate surface area is 291 Å². The molecule has 0 heterocycles. The van der Waals surface area contributed by atoms with Crippen LogP contribution in [0.4, 0.5) is 11.4 Å². The van der Waals surface area contributed by atoms with Crippen molar-refractivity contribution in [2.45, 2.75) is 78.2 Å². The number of carbonyl (C=O) groups excluding carboxylic acids is 2. The molecule has 0 aromatic heterocycles. The number of nitrogens with zero attached hydrogens (tertiary/aromatic N) is 1. The highest BCUT2D eigenvalue weighted by atomic mass is 32.2. The second kappa shape index (κ2) is 16.8. The van der Waals surface area contributed by atoms with Crippen LogP contribution in [0.2, 0.25) is 0 Å². The van der Waals surface area contributed by atoms with Crippen molar-refractivity contribution >= 4 is 44.0 Å². The first-order valence-electron chi connectivity index (χ1n) is 17.5. The lowest BCUT2D eigenvalue weighted by Gasteiger charge is -2.26. The normalized spacial score (nSPS) is 13.6. The number of fused-ring (bicyclic) bond motifs is 1. The Morgan fingerprint density at radius 2 is 1.59 bits per heavy atom. The molecule has 8 nitrogen and oxygen atoms in total. The van der Waals surface area contributed by atoms with Gasteiger partial charge in [-0.1, -0.05) is 86.2 Å². The van der Waals surface area contributed by atoms with Crippen LogP contribution in [0.1, 0.15) is 84.8 Å². The van der Waals surface area contributed by atoms with E-state index in [1.165, 1.54) is 17.0 Å². The number of sulfonamides is 1. The van der Waals surface area contributed by atoms with Gasteiger partial charge >= 0.3 is 0 Å². The molecule has 1 fully saturated rings. The SMILES string of the molecule is Cc1ccc(C)c(COc2cc(NC(=O)C3CCCCC3)ccc2N(CCCCCCNC(=O)c2ccc3ccccc3c2)S(C)(=O)=O)c1. The third-order valence-corrected chi connectivity index (χ3v) is 10.5. The molecule has 0 bridgehead atoms. The average Bonchev–Trinajstić information content (AvgIpc) is 3.09. The van der Waals surface area contributed by atoms with Gasteiger partial charge < -0.3 is 15.4 Å². The molecule has 2 amide bonds. The highest BCUT2D eigenvalue weighted by molar-refractivity contribution is 7.92. The van der Waals surface area contributed by atoms with Gasteiger partial charge in [0.1, 0.15) is 12.4 Å². The summed E-state index contributed by atoms with van der Waals surface area (Å²) in [6, 6.07) is 25.1. The minimum Gasteiger partial charge on any atom is -0.487 e. The third-order valence-electron chi connectivity index (χ3n) is 9.35. The summed E-state index contributed by atoms with van der Waals surface area (Å²) in [7, 11) is -3.64. The molecule has 1 aliphatic rings. The van der Waals surface area contributed by atoms with Crippen LogP contribution < -0.4 is 19.7 Å². The van der Waals surface area contributed by atoms with Crippen molar-refractivity contribution in [3.05, 3.63) is 101 Å². The predicted molar refractivity (Wildman–Crippen MR) is 199 cm³/mol. The predicted octanol–water partition coefficient (Wildman–Crippen LogP) is 8.31. The molecule has 0 spiro atoms. The maximum Gasteiger partial charge on any atom is 0.251 e. The molecule has 1 saturated carbocycles. The molecule has 0 saturated heterocycles. The van der Waals surface area contributed by atoms with E-state index in [2.05, 4.69) is 22.8 Å². The monoisotopic (exact) mass is 683 g/mol. The lowest BCUT2D eigenvalue weighted by atomic mass is 9.88. The standard InChI is InChI=1S/C40H49N3O5S/c1-29-17-18-30(2)35(25-29)28-48-38-27-36(42-40(45)32-14-7-6-8-15-32)21-22-37(38)43(49(3,46)47)24-12-5-4-11-23-41-39(44)34-20-19-31-13-9-10-16-33(31)26-34/h9-10,13,16-22,25-27,32H,4-8,11-12,14-15,23-24,28H2,1-3H3,(H,41,44)(H,42,45). The number of hydrogen-bond acceptors (Lipinski definition) is 5. The fraction of sp³-hybridized carbons (Fsp3) is 0.400. The highest BCUT2D eigenvalue weighted by Crippen LogP contribution is 2.35. The largest absolute Gasteiger partial charge is 0.487 e. The Morgan fingerprint density at radius 1 is 0.837 bits per heavy atom. The Bertz CT molecular complexity index is 1870. The third kappa shape index (κ3) is 10.1. The van der Waals surface area contributed by atoms with E-state index in [9.17, 15) is 18.0 Å². The zero-order chi connectivity index (χ0) is 34.8. The number of anilines is 2. The van der Waals surface area contributed by atoms with Gasteiger partial charge in [-0.2, -0.15) is 0 Å². The second-order valence-electron chi connectivity index (χ2n) is 13.3. The van der Waals surface area contributed by atoms with E-state index < -0.39 is 10.0 Å². The van der Waals surface area contributed by atoms with Crippen LogP contribution in [0.5, 0.6) is 5.75 Å². The van der Waals surface area contributed by atoms with E-state index in [0.29, 0.717) is 35.7 Å². The topological polar surface area (TPSA) is 105 Å². The average molecular weight is 684 g/mol. The lowest BCUT2D eigenvalue weighted by Crippen LogP contribution is -2.31. The number of unbranched alkanes of at least 4 members (excludes halogenated alkanes) is 3. The number of hydrogen-bond donors (Lipinski definition) is 2. The molecule has 5 rings (SSSR count). The second-order valence-corrected chi connectivity index (χ2v) is 15.2. The van der Waals surface area contributed by atoms with E-state index in [1.807, 2.05) is 62.4 Å². The van der Waals surface area contributed by atoms with Gasteiger partial charge in [0.05, 0.1) is 11.9 Å². The fourth-order valence-electron chi connectivity index (χ4n) is 6.47. The van der Waals surface area contributed by atoms with E-state index in [-0.39, 0.29) is 30.9 Å². The number of carbonyl (C=O) groups is 2. The Balaban J connectivity index is 1.21. The number of rotatable bonds is 15. The van der Waals surface area contributed by atoms with Crippen LogP contribution in [0, 0.1) is 19.8 Å². The summed E-state index contributed by atoms with van der Waals surface area (Å²) in [5.74, 6) is 0.304. The van der Waals surface area contributed by atoms with E-state index in [0.717, 1.165) is 72.4 Å². The number of benzene rings is 4. The highest BCUT2D eigenvalue weighted by Gasteiger charge is 2.24. The Hall–Kier alpha value is -4.37. The number of nitrogens with one attached hydrogen (secondary N) is 2. The van der Waals surface area contributed by atoms with Crippen LogP contribution in [0.3, 0.4) is 0 Å². The quantitative estimate of drug-likeness (QED) is 0.123. The molecule has 4 aromatic rings. The zero-order valence-corrected chi connectivity index (χ0v) is 29.8. The van der Waals surface area contributed by atoms with Gasteiger partial charge in [-0.15, -0.1) is 0 Å². The molecule has 4 aromatic carbocycles. The first-order chi connectivity index (χ1) is 23.6. The molecular formula is C40H49N3O5S. The van der Waals surface area contributed by atoms with Gasteiger partial charge in [-0.05, 0) is 85.7 Å². The van der Waals surface area contributed by atoms with Gasteiger partial charge in [-0.3, -0.25) is 13.9 Å². The maximum absolute atomic E-state index is 13.1. The molecule has 2 N–H and O–H groups in total. The molecule has 49 heavy (non-hydrogen) atoms. The van der Waals surface area contributed by atoms with Crippen molar-refractivity contribution in [1.29, 1.82) is 0 Å². The summed E-state index contributed by atoms with van der Waals surface area (Å²) >= 11 is 0. The van der Waals surface area contributed by atoms with Crippen LogP contribution >= 0.6 is 0 Å². The smallest absolute Gasteiger partial charge is 0.251 e. The molecule has 0 aliphatic heterocycles. The summed E-state index contributed by atoms with van der Waals surface area (Å²) in [5.41, 5.74) is 4.89. The van der Waals surface area contributed by atoms with Crippen LogP contribution in [-0.2, 0) is 21.4 Å². The van der Waals surface area contributed by atoms with Crippen LogP contribution in [0.15, 0.2) is 78.9 Å². The number of amides is 2. The Morgan fingerprint density at radius 3 is 2.37 bits per heavy atom. The minimum atomic E-state index is -3.64. The maximum atomic E-state index is 13.1. The van der Waals surface area contributed by atoms with Crippen LogP contribution in [0.25, 0.3) is 10.8 Å². The van der Waals surface area contributed by atoms with Crippen molar-refractivity contribution in [2.24, 2.45) is 5.92 Å². The van der Waals surface area contributed by atoms with Crippen molar-refractivity contribution in [2.75, 3.05) is 29.0 Å². The van der Waals surface area contributed by atoms with Gasteiger partial charge in [0, 0.05) is 36.3 Å². The fourth-order valence-corrected chi connectivity index (χ4v) is 7.44. The van der Waals surface area contributed by atoms with Crippen molar-refractivity contribution in [3.63, 3.8) is 0 Å². The van der Waals surface area contributed by atoms with E-state index in [1.54, 1.807) is 18.2 Å². The first kappa shape index (κ1) is 35.9. The van der Waals surface area contributed by atoms with Crippen molar-refractivity contribution < 1.29 is 22.7 Å². The van der Waals surface area contributed by atoms with E-state index >= 15 is 0 Å². The van der Waals surface area contributed by atoms with Gasteiger partial charge in [-0.25, -0.2) is 8.42 Å². The summed E-state index contributed by atoms with van der Waals surface area (Å²) in [4.78, 5) is 25.7. The number of ether oxygens (including phenoxy) is 1.